The maximum absolute atomic E-state index is 14.1. The Hall–Kier alpha value is -3.18. The monoisotopic (exact) mass is 669 g/mol. The molecule has 43 heavy (non-hydrogen) atoms. The summed E-state index contributed by atoms with van der Waals surface area (Å²) in [6, 6.07) is 13.9. The van der Waals surface area contributed by atoms with Crippen LogP contribution >= 0.6 is 34.8 Å². The highest BCUT2D eigenvalue weighted by atomic mass is 35.5. The summed E-state index contributed by atoms with van der Waals surface area (Å²) in [5.41, 5.74) is 0.129. The van der Waals surface area contributed by atoms with Gasteiger partial charge in [-0.05, 0) is 81.8 Å². The topological polar surface area (TPSA) is 105 Å². The fourth-order valence-corrected chi connectivity index (χ4v) is 6.15. The van der Waals surface area contributed by atoms with E-state index < -0.39 is 40.0 Å². The van der Waals surface area contributed by atoms with Crippen LogP contribution in [0.2, 0.25) is 15.1 Å². The number of anilines is 1. The molecule has 0 fully saturated rings. The van der Waals surface area contributed by atoms with E-state index in [2.05, 4.69) is 5.32 Å². The smallest absolute Gasteiger partial charge is 0.264 e. The normalized spacial score (nSPS) is 12.3. The Bertz CT molecular complexity index is 1580. The molecule has 0 heterocycles. The van der Waals surface area contributed by atoms with Crippen LogP contribution in [0.25, 0.3) is 0 Å². The number of amides is 2. The predicted octanol–water partition coefficient (Wildman–Crippen LogP) is 6.19. The van der Waals surface area contributed by atoms with Crippen molar-refractivity contribution in [3.63, 3.8) is 0 Å². The summed E-state index contributed by atoms with van der Waals surface area (Å²) in [7, 11) is -1.53. The summed E-state index contributed by atoms with van der Waals surface area (Å²) in [5, 5.41) is 3.95. The van der Waals surface area contributed by atoms with E-state index in [0.29, 0.717) is 26.4 Å². The van der Waals surface area contributed by atoms with Gasteiger partial charge in [0.25, 0.3) is 10.0 Å². The Morgan fingerprint density at radius 2 is 1.49 bits per heavy atom. The van der Waals surface area contributed by atoms with Crippen molar-refractivity contribution in [2.45, 2.75) is 50.7 Å². The predicted molar refractivity (Wildman–Crippen MR) is 170 cm³/mol. The van der Waals surface area contributed by atoms with Gasteiger partial charge in [0.1, 0.15) is 12.6 Å². The fraction of sp³-hybridized carbons (Fsp3) is 0.333. The third-order valence-corrected chi connectivity index (χ3v) is 8.97. The summed E-state index contributed by atoms with van der Waals surface area (Å²) in [6.45, 7) is 6.29. The molecule has 3 rings (SSSR count). The van der Waals surface area contributed by atoms with Crippen LogP contribution in [0.1, 0.15) is 33.3 Å². The average molecular weight is 671 g/mol. The van der Waals surface area contributed by atoms with Crippen molar-refractivity contribution in [1.82, 2.24) is 10.2 Å². The highest BCUT2D eigenvalue weighted by Crippen LogP contribution is 2.33. The molecular weight excluding hydrogens is 637 g/mol. The lowest BCUT2D eigenvalue weighted by molar-refractivity contribution is -0.140. The van der Waals surface area contributed by atoms with E-state index in [4.69, 9.17) is 44.3 Å². The van der Waals surface area contributed by atoms with Crippen LogP contribution in [0.5, 0.6) is 11.5 Å². The number of carbonyl (C=O) groups is 2. The Labute approximate surface area is 267 Å². The first-order valence-corrected chi connectivity index (χ1v) is 15.7. The molecule has 0 radical (unpaired) electrons. The molecule has 3 aromatic carbocycles. The van der Waals surface area contributed by atoms with Crippen LogP contribution in [0.15, 0.2) is 65.6 Å². The molecule has 9 nitrogen and oxygen atoms in total. The maximum atomic E-state index is 14.1. The zero-order chi connectivity index (χ0) is 32.1. The highest BCUT2D eigenvalue weighted by Gasteiger charge is 2.34. The van der Waals surface area contributed by atoms with Crippen LogP contribution in [-0.4, -0.2) is 57.5 Å². The summed E-state index contributed by atoms with van der Waals surface area (Å²) in [4.78, 5) is 28.5. The zero-order valence-electron chi connectivity index (χ0n) is 24.7. The SMILES string of the molecule is COc1ccc(S(=O)(=O)N(CC(=O)N(Cc2ccc(Cl)cc2Cl)C(C)C(=O)NC(C)(C)C)c2ccc(Cl)cc2)cc1OC. The van der Waals surface area contributed by atoms with Crippen molar-refractivity contribution in [2.75, 3.05) is 25.1 Å². The first-order chi connectivity index (χ1) is 20.1. The molecule has 0 bridgehead atoms. The molecule has 0 saturated carbocycles. The standard InChI is InChI=1S/C30H34Cl3N3O6S/c1-19(29(38)34-30(2,3)4)35(17-20-7-8-22(32)15-25(20)33)28(37)18-36(23-11-9-21(31)10-12-23)43(39,40)24-13-14-26(41-5)27(16-24)42-6/h7-16,19H,17-18H2,1-6H3,(H,34,38). The van der Waals surface area contributed by atoms with Gasteiger partial charge in [-0.3, -0.25) is 13.9 Å². The fourth-order valence-electron chi connectivity index (χ4n) is 4.13. The number of sulfonamides is 1. The van der Waals surface area contributed by atoms with E-state index in [9.17, 15) is 18.0 Å². The molecule has 2 amide bonds. The number of benzene rings is 3. The van der Waals surface area contributed by atoms with Gasteiger partial charge < -0.3 is 19.7 Å². The Morgan fingerprint density at radius 1 is 0.884 bits per heavy atom. The van der Waals surface area contributed by atoms with Gasteiger partial charge in [-0.25, -0.2) is 8.42 Å². The molecule has 0 aliphatic heterocycles. The van der Waals surface area contributed by atoms with Gasteiger partial charge in [0.15, 0.2) is 11.5 Å². The number of hydrogen-bond acceptors (Lipinski definition) is 6. The molecule has 13 heteroatoms. The molecule has 0 aliphatic rings. The molecular formula is C30H34Cl3N3O6S. The van der Waals surface area contributed by atoms with E-state index >= 15 is 0 Å². The van der Waals surface area contributed by atoms with Gasteiger partial charge in [-0.1, -0.05) is 40.9 Å². The number of rotatable bonds is 11. The van der Waals surface area contributed by atoms with Gasteiger partial charge >= 0.3 is 0 Å². The molecule has 1 N–H and O–H groups in total. The molecule has 232 valence electrons. The Kier molecular flexibility index (Phi) is 11.2. The van der Waals surface area contributed by atoms with E-state index in [1.165, 1.54) is 67.7 Å². The van der Waals surface area contributed by atoms with Crippen molar-refractivity contribution < 1.29 is 27.5 Å². The average Bonchev–Trinajstić information content (AvgIpc) is 2.94. The van der Waals surface area contributed by atoms with Crippen molar-refractivity contribution in [3.8, 4) is 11.5 Å². The third-order valence-electron chi connectivity index (χ3n) is 6.36. The number of methoxy groups -OCH3 is 2. The van der Waals surface area contributed by atoms with Crippen LogP contribution in [0, 0.1) is 0 Å². The molecule has 0 saturated heterocycles. The Balaban J connectivity index is 2.10. The summed E-state index contributed by atoms with van der Waals surface area (Å²) >= 11 is 18.6. The number of nitrogens with zero attached hydrogens (tertiary/aromatic N) is 2. The van der Waals surface area contributed by atoms with Gasteiger partial charge in [0, 0.05) is 33.2 Å². The minimum atomic E-state index is -4.35. The van der Waals surface area contributed by atoms with E-state index in [0.717, 1.165) is 4.31 Å². The van der Waals surface area contributed by atoms with Gasteiger partial charge in [0.2, 0.25) is 11.8 Å². The number of ether oxygens (including phenoxy) is 2. The summed E-state index contributed by atoms with van der Waals surface area (Å²) < 4.78 is 39.7. The van der Waals surface area contributed by atoms with Crippen molar-refractivity contribution in [3.05, 3.63) is 81.3 Å². The second-order valence-corrected chi connectivity index (χ2v) is 13.8. The van der Waals surface area contributed by atoms with E-state index in [-0.39, 0.29) is 22.9 Å². The molecule has 0 aromatic heterocycles. The van der Waals surface area contributed by atoms with Crippen molar-refractivity contribution in [2.24, 2.45) is 0 Å². The molecule has 0 spiro atoms. The van der Waals surface area contributed by atoms with Gasteiger partial charge in [0.05, 0.1) is 24.8 Å². The third kappa shape index (κ3) is 8.69. The van der Waals surface area contributed by atoms with E-state index in [1.54, 1.807) is 19.1 Å². The molecule has 1 unspecified atom stereocenters. The maximum Gasteiger partial charge on any atom is 0.264 e. The van der Waals surface area contributed by atoms with Gasteiger partial charge in [-0.15, -0.1) is 0 Å². The molecule has 3 aromatic rings. The van der Waals surface area contributed by atoms with Gasteiger partial charge in [-0.2, -0.15) is 0 Å². The number of nitrogens with one attached hydrogen (secondary N) is 1. The first-order valence-electron chi connectivity index (χ1n) is 13.1. The van der Waals surface area contributed by atoms with Crippen molar-refractivity contribution >= 4 is 62.3 Å². The minimum Gasteiger partial charge on any atom is -0.493 e. The number of hydrogen-bond donors (Lipinski definition) is 1. The molecule has 0 aliphatic carbocycles. The largest absolute Gasteiger partial charge is 0.493 e. The highest BCUT2D eigenvalue weighted by molar-refractivity contribution is 7.92. The zero-order valence-corrected chi connectivity index (χ0v) is 27.7. The van der Waals surface area contributed by atoms with Crippen LogP contribution in [-0.2, 0) is 26.2 Å². The summed E-state index contributed by atoms with van der Waals surface area (Å²) in [6.07, 6.45) is 0. The lowest BCUT2D eigenvalue weighted by atomic mass is 10.1. The summed E-state index contributed by atoms with van der Waals surface area (Å²) in [5.74, 6) is -0.550. The minimum absolute atomic E-state index is 0.0849. The van der Waals surface area contributed by atoms with Crippen molar-refractivity contribution in [1.29, 1.82) is 0 Å². The molecule has 1 atom stereocenters. The van der Waals surface area contributed by atoms with E-state index in [1.807, 2.05) is 20.8 Å². The first kappa shape index (κ1) is 34.3. The van der Waals surface area contributed by atoms with Crippen LogP contribution < -0.4 is 19.1 Å². The Morgan fingerprint density at radius 3 is 2.05 bits per heavy atom. The number of carbonyl (C=O) groups excluding carboxylic acids is 2. The lowest BCUT2D eigenvalue weighted by Crippen LogP contribution is -2.54. The number of halogens is 3. The second kappa shape index (κ2) is 14.1. The van der Waals surface area contributed by atoms with Crippen LogP contribution in [0.3, 0.4) is 0 Å². The second-order valence-electron chi connectivity index (χ2n) is 10.7. The lowest BCUT2D eigenvalue weighted by Gasteiger charge is -2.33. The quantitative estimate of drug-likeness (QED) is 0.261. The van der Waals surface area contributed by atoms with Crippen LogP contribution in [0.4, 0.5) is 5.69 Å².